The zero-order valence-corrected chi connectivity index (χ0v) is 12.2. The van der Waals surface area contributed by atoms with Gasteiger partial charge in [0.1, 0.15) is 6.17 Å². The lowest BCUT2D eigenvalue weighted by atomic mass is 9.86. The van der Waals surface area contributed by atoms with Crippen LogP contribution in [0.25, 0.3) is 0 Å². The second-order valence-corrected chi connectivity index (χ2v) is 6.65. The van der Waals surface area contributed by atoms with E-state index >= 15 is 0 Å². The van der Waals surface area contributed by atoms with Crippen LogP contribution in [0.4, 0.5) is 4.39 Å². The van der Waals surface area contributed by atoms with E-state index in [2.05, 4.69) is 49.9 Å². The van der Waals surface area contributed by atoms with Gasteiger partial charge in [0, 0.05) is 25.7 Å². The summed E-state index contributed by atoms with van der Waals surface area (Å²) in [6, 6.07) is 8.39. The molecule has 2 nitrogen and oxygen atoms in total. The Morgan fingerprint density at radius 1 is 1.26 bits per heavy atom. The summed E-state index contributed by atoms with van der Waals surface area (Å²) in [6.07, 6.45) is -0.135. The Morgan fingerprint density at radius 2 is 1.89 bits per heavy atom. The topological polar surface area (TPSA) is 29.3 Å². The van der Waals surface area contributed by atoms with Gasteiger partial charge in [-0.05, 0) is 23.0 Å². The Hall–Kier alpha value is -0.930. The lowest BCUT2D eigenvalue weighted by Gasteiger charge is -2.32. The van der Waals surface area contributed by atoms with Gasteiger partial charge in [-0.3, -0.25) is 4.90 Å². The van der Waals surface area contributed by atoms with Crippen LogP contribution in [-0.4, -0.2) is 30.2 Å². The number of halogens is 1. The van der Waals surface area contributed by atoms with Gasteiger partial charge in [0.25, 0.3) is 0 Å². The number of hydrogen-bond donors (Lipinski definition) is 1. The number of benzene rings is 1. The van der Waals surface area contributed by atoms with Crippen LogP contribution >= 0.6 is 0 Å². The van der Waals surface area contributed by atoms with Crippen molar-refractivity contribution in [3.05, 3.63) is 35.4 Å². The largest absolute Gasteiger partial charge is 0.325 e. The first kappa shape index (κ1) is 14.5. The maximum atomic E-state index is 13.6. The number of likely N-dealkylation sites (tertiary alicyclic amines) is 1. The van der Waals surface area contributed by atoms with E-state index in [1.807, 2.05) is 0 Å². The number of hydrogen-bond acceptors (Lipinski definition) is 2. The van der Waals surface area contributed by atoms with Gasteiger partial charge >= 0.3 is 0 Å². The average Bonchev–Trinajstić information content (AvgIpc) is 2.33. The van der Waals surface area contributed by atoms with Crippen LogP contribution < -0.4 is 5.73 Å². The second kappa shape index (κ2) is 5.59. The number of alkyl halides is 1. The van der Waals surface area contributed by atoms with Gasteiger partial charge in [-0.25, -0.2) is 4.39 Å². The molecule has 0 bridgehead atoms. The Balaban J connectivity index is 1.97. The molecule has 1 aliphatic heterocycles. The fourth-order valence-electron chi connectivity index (χ4n) is 2.50. The number of piperidine rings is 1. The molecule has 0 saturated carbocycles. The van der Waals surface area contributed by atoms with Crippen molar-refractivity contribution in [1.82, 2.24) is 4.90 Å². The molecule has 106 valence electrons. The van der Waals surface area contributed by atoms with Crippen molar-refractivity contribution >= 4 is 0 Å². The van der Waals surface area contributed by atoms with Crippen molar-refractivity contribution in [2.75, 3.05) is 13.1 Å². The Bertz CT molecular complexity index is 408. The van der Waals surface area contributed by atoms with Gasteiger partial charge in [-0.1, -0.05) is 45.0 Å². The lowest BCUT2D eigenvalue weighted by molar-refractivity contribution is 0.114. The molecule has 1 aromatic rings. The zero-order chi connectivity index (χ0) is 14.0. The van der Waals surface area contributed by atoms with Crippen LogP contribution in [0.2, 0.25) is 0 Å². The molecule has 1 aromatic carbocycles. The number of rotatable bonds is 2. The first-order chi connectivity index (χ1) is 8.86. The molecule has 0 aliphatic carbocycles. The summed E-state index contributed by atoms with van der Waals surface area (Å²) in [5, 5.41) is 0. The zero-order valence-electron chi connectivity index (χ0n) is 12.2. The molecule has 1 aliphatic rings. The van der Waals surface area contributed by atoms with Crippen LogP contribution in [-0.2, 0) is 12.0 Å². The van der Waals surface area contributed by atoms with Crippen LogP contribution in [0.1, 0.15) is 38.3 Å². The van der Waals surface area contributed by atoms with Crippen LogP contribution in [0.3, 0.4) is 0 Å². The summed E-state index contributed by atoms with van der Waals surface area (Å²) in [4.78, 5) is 2.15. The predicted molar refractivity (Wildman–Crippen MR) is 77.9 cm³/mol. The van der Waals surface area contributed by atoms with E-state index in [4.69, 9.17) is 5.73 Å². The molecule has 0 radical (unpaired) electrons. The quantitative estimate of drug-likeness (QED) is 0.890. The van der Waals surface area contributed by atoms with Crippen molar-refractivity contribution in [2.24, 2.45) is 5.73 Å². The van der Waals surface area contributed by atoms with Crippen LogP contribution in [0.5, 0.6) is 0 Å². The van der Waals surface area contributed by atoms with Gasteiger partial charge in [0.05, 0.1) is 0 Å². The highest BCUT2D eigenvalue weighted by Crippen LogP contribution is 2.23. The predicted octanol–water partition coefficient (Wildman–Crippen LogP) is 2.86. The molecule has 0 spiro atoms. The number of nitrogens with two attached hydrogens (primary N) is 1. The van der Waals surface area contributed by atoms with Crippen molar-refractivity contribution in [2.45, 2.75) is 51.4 Å². The van der Waals surface area contributed by atoms with Crippen molar-refractivity contribution in [3.63, 3.8) is 0 Å². The monoisotopic (exact) mass is 264 g/mol. The molecule has 1 fully saturated rings. The minimum atomic E-state index is -0.886. The molecule has 2 rings (SSSR count). The molecule has 0 unspecified atom stereocenters. The third-order valence-electron chi connectivity index (χ3n) is 3.90. The molecule has 1 saturated heterocycles. The fourth-order valence-corrected chi connectivity index (χ4v) is 2.50. The van der Waals surface area contributed by atoms with Gasteiger partial charge in [-0.15, -0.1) is 0 Å². The molecule has 19 heavy (non-hydrogen) atoms. The molecule has 3 heteroatoms. The summed E-state index contributed by atoms with van der Waals surface area (Å²) in [5.41, 5.74) is 8.46. The Kier molecular flexibility index (Phi) is 4.26. The summed E-state index contributed by atoms with van der Waals surface area (Å²) in [5.74, 6) is 0. The molecular formula is C16H25FN2. The normalized spacial score (nSPS) is 25.5. The first-order valence-corrected chi connectivity index (χ1v) is 7.07. The van der Waals surface area contributed by atoms with E-state index in [0.29, 0.717) is 6.54 Å². The van der Waals surface area contributed by atoms with E-state index in [-0.39, 0.29) is 11.5 Å². The van der Waals surface area contributed by atoms with E-state index < -0.39 is 6.17 Å². The highest BCUT2D eigenvalue weighted by Gasteiger charge is 2.26. The van der Waals surface area contributed by atoms with E-state index in [0.717, 1.165) is 19.5 Å². The summed E-state index contributed by atoms with van der Waals surface area (Å²) in [7, 11) is 0. The lowest BCUT2D eigenvalue weighted by Crippen LogP contribution is -2.48. The second-order valence-electron chi connectivity index (χ2n) is 6.65. The Morgan fingerprint density at radius 3 is 2.42 bits per heavy atom. The third-order valence-corrected chi connectivity index (χ3v) is 3.90. The van der Waals surface area contributed by atoms with E-state index in [1.54, 1.807) is 0 Å². The van der Waals surface area contributed by atoms with Crippen molar-refractivity contribution in [3.8, 4) is 0 Å². The smallest absolute Gasteiger partial charge is 0.128 e. The standard InChI is InChI=1S/C16H25FN2/c1-16(2,3)13-6-4-12(5-7-13)10-19-9-8-15(18)14(17)11-19/h4-7,14-15H,8-11,18H2,1-3H3/t14-,15+/m0/s1. The average molecular weight is 264 g/mol. The van der Waals surface area contributed by atoms with Crippen LogP contribution in [0, 0.1) is 0 Å². The maximum absolute atomic E-state index is 13.6. The summed E-state index contributed by atoms with van der Waals surface area (Å²) < 4.78 is 13.6. The number of nitrogens with zero attached hydrogens (tertiary/aromatic N) is 1. The van der Waals surface area contributed by atoms with Gasteiger partial charge in [-0.2, -0.15) is 0 Å². The maximum Gasteiger partial charge on any atom is 0.128 e. The van der Waals surface area contributed by atoms with Gasteiger partial charge < -0.3 is 5.73 Å². The van der Waals surface area contributed by atoms with E-state index in [9.17, 15) is 4.39 Å². The molecule has 0 amide bonds. The molecule has 0 aromatic heterocycles. The third kappa shape index (κ3) is 3.77. The van der Waals surface area contributed by atoms with Crippen molar-refractivity contribution in [1.29, 1.82) is 0 Å². The molecule has 2 atom stereocenters. The van der Waals surface area contributed by atoms with Gasteiger partial charge in [0.15, 0.2) is 0 Å². The first-order valence-electron chi connectivity index (χ1n) is 7.07. The van der Waals surface area contributed by atoms with Gasteiger partial charge in [0.2, 0.25) is 0 Å². The van der Waals surface area contributed by atoms with Crippen LogP contribution in [0.15, 0.2) is 24.3 Å². The molecule has 2 N–H and O–H groups in total. The summed E-state index contributed by atoms with van der Waals surface area (Å²) in [6.45, 7) is 8.80. The molecule has 1 heterocycles. The SMILES string of the molecule is CC(C)(C)c1ccc(CN2CC[C@@H](N)[C@@H](F)C2)cc1. The Labute approximate surface area is 115 Å². The fraction of sp³-hybridized carbons (Fsp3) is 0.625. The molecular weight excluding hydrogens is 239 g/mol. The minimum Gasteiger partial charge on any atom is -0.325 e. The minimum absolute atomic E-state index is 0.181. The highest BCUT2D eigenvalue weighted by atomic mass is 19.1. The van der Waals surface area contributed by atoms with Crippen molar-refractivity contribution < 1.29 is 4.39 Å². The summed E-state index contributed by atoms with van der Waals surface area (Å²) >= 11 is 0. The van der Waals surface area contributed by atoms with E-state index in [1.165, 1.54) is 11.1 Å². The highest BCUT2D eigenvalue weighted by molar-refractivity contribution is 5.27.